The van der Waals surface area contributed by atoms with Crippen LogP contribution in [0.2, 0.25) is 0 Å². The third-order valence-electron chi connectivity index (χ3n) is 6.20. The van der Waals surface area contributed by atoms with Crippen molar-refractivity contribution in [3.8, 4) is 0 Å². The Morgan fingerprint density at radius 3 is 2.29 bits per heavy atom. The first-order valence-electron chi connectivity index (χ1n) is 6.80. The van der Waals surface area contributed by atoms with E-state index in [0.717, 1.165) is 25.2 Å². The van der Waals surface area contributed by atoms with Gasteiger partial charge in [0.15, 0.2) is 6.10 Å². The van der Waals surface area contributed by atoms with Gasteiger partial charge in [0.2, 0.25) is 0 Å². The van der Waals surface area contributed by atoms with Crippen LogP contribution < -0.4 is 0 Å². The highest BCUT2D eigenvalue weighted by Gasteiger charge is 2.65. The molecule has 0 spiro atoms. The number of aliphatic hydroxyl groups is 1. The Bertz CT molecular complexity index is 354. The summed E-state index contributed by atoms with van der Waals surface area (Å²) in [5, 5.41) is 19.0. The van der Waals surface area contributed by atoms with Crippen LogP contribution in [0.15, 0.2) is 0 Å². The molecule has 4 aliphatic rings. The summed E-state index contributed by atoms with van der Waals surface area (Å²) in [7, 11) is 0. The van der Waals surface area contributed by atoms with Crippen molar-refractivity contribution in [3.63, 3.8) is 0 Å². The van der Waals surface area contributed by atoms with Crippen molar-refractivity contribution in [2.75, 3.05) is 0 Å². The number of aliphatic carboxylic acids is 1. The highest BCUT2D eigenvalue weighted by atomic mass is 16.4. The lowest BCUT2D eigenvalue weighted by Gasteiger charge is -2.62. The number of carboxylic acid groups (broad SMARTS) is 1. The number of hydrogen-bond acceptors (Lipinski definition) is 2. The first kappa shape index (κ1) is 11.5. The summed E-state index contributed by atoms with van der Waals surface area (Å²) >= 11 is 0. The van der Waals surface area contributed by atoms with E-state index in [1.54, 1.807) is 0 Å². The highest BCUT2D eigenvalue weighted by Crippen LogP contribution is 2.70. The average molecular weight is 238 g/mol. The van der Waals surface area contributed by atoms with Gasteiger partial charge in [-0.15, -0.1) is 0 Å². The van der Waals surface area contributed by atoms with Crippen molar-refractivity contribution in [3.05, 3.63) is 0 Å². The first-order valence-corrected chi connectivity index (χ1v) is 6.80. The minimum Gasteiger partial charge on any atom is -0.479 e. The average Bonchev–Trinajstić information content (AvgIpc) is 3.09. The minimum atomic E-state index is -1.14. The van der Waals surface area contributed by atoms with Crippen LogP contribution in [-0.2, 0) is 4.79 Å². The molecule has 17 heavy (non-hydrogen) atoms. The molecular formula is C14H22O3. The zero-order chi connectivity index (χ0) is 12.4. The second-order valence-electron chi connectivity index (χ2n) is 7.02. The molecule has 4 fully saturated rings. The molecule has 4 unspecified atom stereocenters. The fourth-order valence-electron chi connectivity index (χ4n) is 4.74. The number of carboxylic acids is 1. The molecule has 2 bridgehead atoms. The topological polar surface area (TPSA) is 57.5 Å². The van der Waals surface area contributed by atoms with Gasteiger partial charge in [0, 0.05) is 5.41 Å². The molecule has 3 nitrogen and oxygen atoms in total. The lowest BCUT2D eigenvalue weighted by Crippen LogP contribution is -2.56. The van der Waals surface area contributed by atoms with Gasteiger partial charge < -0.3 is 10.2 Å². The van der Waals surface area contributed by atoms with Crippen LogP contribution in [0.4, 0.5) is 0 Å². The largest absolute Gasteiger partial charge is 0.479 e. The van der Waals surface area contributed by atoms with E-state index in [4.69, 9.17) is 5.11 Å². The van der Waals surface area contributed by atoms with Crippen molar-refractivity contribution in [1.29, 1.82) is 0 Å². The maximum atomic E-state index is 11.1. The summed E-state index contributed by atoms with van der Waals surface area (Å²) in [4.78, 5) is 11.1. The van der Waals surface area contributed by atoms with Gasteiger partial charge in [0.05, 0.1) is 0 Å². The highest BCUT2D eigenvalue weighted by molar-refractivity contribution is 5.74. The lowest BCUT2D eigenvalue weighted by atomic mass is 9.43. The third kappa shape index (κ3) is 1.35. The van der Waals surface area contributed by atoms with Gasteiger partial charge in [0.1, 0.15) is 0 Å². The predicted molar refractivity (Wildman–Crippen MR) is 63.4 cm³/mol. The Balaban J connectivity index is 1.83. The maximum Gasteiger partial charge on any atom is 0.333 e. The fraction of sp³-hybridized carbons (Fsp3) is 0.929. The van der Waals surface area contributed by atoms with E-state index in [-0.39, 0.29) is 5.41 Å². The van der Waals surface area contributed by atoms with E-state index in [0.29, 0.717) is 17.3 Å². The van der Waals surface area contributed by atoms with Gasteiger partial charge in [-0.25, -0.2) is 4.79 Å². The number of carbonyl (C=O) groups is 1. The number of rotatable bonds is 3. The van der Waals surface area contributed by atoms with E-state index < -0.39 is 12.1 Å². The molecule has 0 aromatic carbocycles. The van der Waals surface area contributed by atoms with Crippen molar-refractivity contribution >= 4 is 5.97 Å². The molecule has 0 saturated heterocycles. The minimum absolute atomic E-state index is 0.279. The van der Waals surface area contributed by atoms with E-state index in [1.165, 1.54) is 12.8 Å². The number of fused-ring (bicyclic) bond motifs is 2. The molecule has 0 radical (unpaired) electrons. The Morgan fingerprint density at radius 1 is 1.24 bits per heavy atom. The lowest BCUT2D eigenvalue weighted by molar-refractivity contribution is -0.167. The molecule has 3 heteroatoms. The normalized spacial score (nSPS) is 42.4. The summed E-state index contributed by atoms with van der Waals surface area (Å²) in [6.45, 7) is 4.64. The zero-order valence-corrected chi connectivity index (χ0v) is 10.6. The third-order valence-corrected chi connectivity index (χ3v) is 6.20. The smallest absolute Gasteiger partial charge is 0.333 e. The Kier molecular flexibility index (Phi) is 2.20. The fourth-order valence-corrected chi connectivity index (χ4v) is 4.74. The van der Waals surface area contributed by atoms with Crippen LogP contribution in [0.3, 0.4) is 0 Å². The first-order chi connectivity index (χ1) is 7.89. The van der Waals surface area contributed by atoms with E-state index in [9.17, 15) is 9.90 Å². The number of aliphatic hydroxyl groups excluding tert-OH is 1. The molecule has 0 aromatic heterocycles. The molecule has 4 rings (SSSR count). The SMILES string of the molecule is CC1(C)C2CCC(C3(C(O)C(=O)O)CC3)C1C2. The van der Waals surface area contributed by atoms with Crippen molar-refractivity contribution in [2.24, 2.45) is 28.6 Å². The van der Waals surface area contributed by atoms with Crippen LogP contribution >= 0.6 is 0 Å². The molecule has 2 N–H and O–H groups in total. The van der Waals surface area contributed by atoms with Gasteiger partial charge in [-0.2, -0.15) is 0 Å². The molecule has 0 amide bonds. The van der Waals surface area contributed by atoms with Crippen LogP contribution in [0.1, 0.15) is 46.0 Å². The van der Waals surface area contributed by atoms with E-state index in [2.05, 4.69) is 13.8 Å². The summed E-state index contributed by atoms with van der Waals surface area (Å²) in [6.07, 6.45) is 4.28. The van der Waals surface area contributed by atoms with Gasteiger partial charge >= 0.3 is 5.97 Å². The summed E-state index contributed by atoms with van der Waals surface area (Å²) in [6, 6.07) is 0. The van der Waals surface area contributed by atoms with Gasteiger partial charge in [-0.3, -0.25) is 0 Å². The van der Waals surface area contributed by atoms with Crippen molar-refractivity contribution in [2.45, 2.75) is 52.1 Å². The predicted octanol–water partition coefficient (Wildman–Crippen LogP) is 2.28. The Morgan fingerprint density at radius 2 is 1.88 bits per heavy atom. The summed E-state index contributed by atoms with van der Waals surface area (Å²) < 4.78 is 0. The molecule has 0 heterocycles. The molecule has 4 aliphatic carbocycles. The van der Waals surface area contributed by atoms with Gasteiger partial charge in [-0.05, 0) is 55.3 Å². The molecule has 96 valence electrons. The van der Waals surface area contributed by atoms with Crippen LogP contribution in [0, 0.1) is 28.6 Å². The second kappa shape index (κ2) is 3.25. The summed E-state index contributed by atoms with van der Waals surface area (Å²) in [5.74, 6) is 0.884. The van der Waals surface area contributed by atoms with E-state index >= 15 is 0 Å². The molecule has 4 atom stereocenters. The van der Waals surface area contributed by atoms with Gasteiger partial charge in [0.25, 0.3) is 0 Å². The quantitative estimate of drug-likeness (QED) is 0.793. The standard InChI is InChI=1S/C14H22O3/c1-13(2)8-3-4-9(10(13)7-8)14(5-6-14)11(15)12(16)17/h8-11,15H,3-7H2,1-2H3,(H,16,17). The molecule has 4 saturated carbocycles. The van der Waals surface area contributed by atoms with Crippen LogP contribution in [-0.4, -0.2) is 22.3 Å². The molecular weight excluding hydrogens is 216 g/mol. The summed E-state index contributed by atoms with van der Waals surface area (Å²) in [5.41, 5.74) is 0.0931. The number of hydrogen-bond donors (Lipinski definition) is 2. The van der Waals surface area contributed by atoms with E-state index in [1.807, 2.05) is 0 Å². The van der Waals surface area contributed by atoms with Gasteiger partial charge in [-0.1, -0.05) is 13.8 Å². The second-order valence-corrected chi connectivity index (χ2v) is 7.02. The Hall–Kier alpha value is -0.570. The molecule has 0 aliphatic heterocycles. The van der Waals surface area contributed by atoms with Crippen LogP contribution in [0.25, 0.3) is 0 Å². The maximum absolute atomic E-state index is 11.1. The monoisotopic (exact) mass is 238 g/mol. The van der Waals surface area contributed by atoms with Crippen molar-refractivity contribution < 1.29 is 15.0 Å². The van der Waals surface area contributed by atoms with Crippen LogP contribution in [0.5, 0.6) is 0 Å². The zero-order valence-electron chi connectivity index (χ0n) is 10.6. The molecule has 0 aromatic rings. The van der Waals surface area contributed by atoms with Crippen molar-refractivity contribution in [1.82, 2.24) is 0 Å². The Labute approximate surface area is 102 Å².